The summed E-state index contributed by atoms with van der Waals surface area (Å²) in [4.78, 5) is 28.7. The average Bonchev–Trinajstić information content (AvgIpc) is 3.08. The van der Waals surface area contributed by atoms with Crippen molar-refractivity contribution in [3.05, 3.63) is 64.7 Å². The molecule has 0 N–H and O–H groups in total. The minimum absolute atomic E-state index is 0.296. The predicted octanol–water partition coefficient (Wildman–Crippen LogP) is 4.07. The smallest absolute Gasteiger partial charge is 0.410 e. The Balaban J connectivity index is 1.45. The molecule has 1 unspecified atom stereocenters. The molecule has 2 aromatic carbocycles. The van der Waals surface area contributed by atoms with E-state index in [2.05, 4.69) is 11.0 Å². The van der Waals surface area contributed by atoms with Gasteiger partial charge in [-0.25, -0.2) is 9.59 Å². The van der Waals surface area contributed by atoms with E-state index in [-0.39, 0.29) is 12.1 Å². The van der Waals surface area contributed by atoms with Crippen molar-refractivity contribution in [2.24, 2.45) is 0 Å². The zero-order valence-electron chi connectivity index (χ0n) is 18.6. The third kappa shape index (κ3) is 4.54. The second kappa shape index (κ2) is 8.54. The van der Waals surface area contributed by atoms with E-state index in [1.54, 1.807) is 11.0 Å². The molecule has 2 heterocycles. The van der Waals surface area contributed by atoms with Crippen LogP contribution in [0.3, 0.4) is 0 Å². The van der Waals surface area contributed by atoms with Gasteiger partial charge >= 0.3 is 12.1 Å². The van der Waals surface area contributed by atoms with Crippen molar-refractivity contribution in [3.8, 4) is 6.07 Å². The maximum Gasteiger partial charge on any atom is 0.410 e. The van der Waals surface area contributed by atoms with E-state index < -0.39 is 11.7 Å². The molecule has 1 atom stereocenters. The summed E-state index contributed by atoms with van der Waals surface area (Å²) in [5, 5.41) is 9.33. The maximum atomic E-state index is 12.6. The third-order valence-corrected chi connectivity index (χ3v) is 5.69. The highest BCUT2D eigenvalue weighted by atomic mass is 16.6. The van der Waals surface area contributed by atoms with Crippen molar-refractivity contribution in [2.45, 2.75) is 38.9 Å². The number of nitriles is 1. The Hall–Kier alpha value is -3.53. The maximum absolute atomic E-state index is 12.6. The lowest BCUT2D eigenvalue weighted by Crippen LogP contribution is -2.50. The van der Waals surface area contributed by atoms with Crippen LogP contribution in [0.2, 0.25) is 0 Å². The van der Waals surface area contributed by atoms with Crippen LogP contribution in [0.5, 0.6) is 0 Å². The van der Waals surface area contributed by atoms with E-state index in [4.69, 9.17) is 9.47 Å². The largest absolute Gasteiger partial charge is 0.454 e. The summed E-state index contributed by atoms with van der Waals surface area (Å²) >= 11 is 0. The van der Waals surface area contributed by atoms with Gasteiger partial charge in [0.2, 0.25) is 0 Å². The number of cyclic esters (lactones) is 1. The number of ether oxygens (including phenoxy) is 2. The fourth-order valence-electron chi connectivity index (χ4n) is 4.09. The summed E-state index contributed by atoms with van der Waals surface area (Å²) in [6.07, 6.45) is -0.226. The number of anilines is 1. The first-order valence-corrected chi connectivity index (χ1v) is 10.8. The monoisotopic (exact) mass is 433 g/mol. The fraction of sp³-hybridized carbons (Fsp3) is 0.400. The molecule has 2 aromatic rings. The third-order valence-electron chi connectivity index (χ3n) is 5.69. The van der Waals surface area contributed by atoms with E-state index in [1.165, 1.54) is 0 Å². The molecule has 0 aromatic heterocycles. The van der Waals surface area contributed by atoms with Crippen molar-refractivity contribution < 1.29 is 19.1 Å². The van der Waals surface area contributed by atoms with E-state index in [0.29, 0.717) is 43.7 Å². The number of hydrogen-bond donors (Lipinski definition) is 0. The molecule has 0 radical (unpaired) electrons. The molecule has 1 fully saturated rings. The average molecular weight is 434 g/mol. The number of fused-ring (bicyclic) bond motifs is 1. The number of benzene rings is 2. The fourth-order valence-corrected chi connectivity index (χ4v) is 4.09. The Bertz CT molecular complexity index is 1080. The number of esters is 1. The van der Waals surface area contributed by atoms with Gasteiger partial charge in [-0.2, -0.15) is 5.26 Å². The highest BCUT2D eigenvalue weighted by molar-refractivity contribution is 5.95. The lowest BCUT2D eigenvalue weighted by atomic mass is 9.96. The number of rotatable bonds is 3. The molecule has 2 aliphatic heterocycles. The van der Waals surface area contributed by atoms with E-state index in [0.717, 1.165) is 16.8 Å². The normalized spacial score (nSPS) is 18.1. The molecule has 2 aliphatic rings. The highest BCUT2D eigenvalue weighted by Crippen LogP contribution is 2.36. The zero-order chi connectivity index (χ0) is 22.9. The zero-order valence-corrected chi connectivity index (χ0v) is 18.6. The van der Waals surface area contributed by atoms with Crippen LogP contribution in [-0.2, 0) is 15.9 Å². The minimum atomic E-state index is -0.515. The molecule has 32 heavy (non-hydrogen) atoms. The van der Waals surface area contributed by atoms with Gasteiger partial charge in [0.1, 0.15) is 11.7 Å². The first-order chi connectivity index (χ1) is 15.2. The number of carbonyl (C=O) groups is 2. The van der Waals surface area contributed by atoms with Crippen molar-refractivity contribution in [3.63, 3.8) is 0 Å². The molecule has 0 spiro atoms. The Kier molecular flexibility index (Phi) is 5.79. The quantitative estimate of drug-likeness (QED) is 0.679. The molecule has 1 amide bonds. The Morgan fingerprint density at radius 3 is 2.56 bits per heavy atom. The van der Waals surface area contributed by atoms with Crippen LogP contribution in [0.4, 0.5) is 10.5 Å². The van der Waals surface area contributed by atoms with Gasteiger partial charge in [-0.05, 0) is 44.5 Å². The predicted molar refractivity (Wildman–Crippen MR) is 119 cm³/mol. The molecule has 0 saturated carbocycles. The van der Waals surface area contributed by atoms with E-state index in [9.17, 15) is 14.9 Å². The molecular weight excluding hydrogens is 406 g/mol. The summed E-state index contributed by atoms with van der Waals surface area (Å²) in [7, 11) is 0. The summed E-state index contributed by atoms with van der Waals surface area (Å²) in [6.45, 7) is 8.01. The van der Waals surface area contributed by atoms with Gasteiger partial charge < -0.3 is 19.3 Å². The van der Waals surface area contributed by atoms with E-state index in [1.807, 2.05) is 57.2 Å². The molecule has 0 bridgehead atoms. The second-order valence-electron chi connectivity index (χ2n) is 9.09. The van der Waals surface area contributed by atoms with Gasteiger partial charge in [0.15, 0.2) is 0 Å². The standard InChI is InChI=1S/C25H27N3O4/c1-25(2,3)32-24(30)28-12-10-27(11-13-28)19-8-9-20-21(15-19)23(29)31-22(20)14-17-6-4-5-7-18(17)16-26/h4-9,15,22H,10-14H2,1-3H3. The minimum Gasteiger partial charge on any atom is -0.454 e. The number of nitrogens with zero attached hydrogens (tertiary/aromatic N) is 3. The van der Waals surface area contributed by atoms with Crippen molar-refractivity contribution in [1.29, 1.82) is 5.26 Å². The van der Waals surface area contributed by atoms with Crippen molar-refractivity contribution >= 4 is 17.7 Å². The van der Waals surface area contributed by atoms with Gasteiger partial charge in [-0.15, -0.1) is 0 Å². The summed E-state index contributed by atoms with van der Waals surface area (Å²) < 4.78 is 11.1. The molecule has 166 valence electrons. The Morgan fingerprint density at radius 2 is 1.88 bits per heavy atom. The molecule has 4 rings (SSSR count). The van der Waals surface area contributed by atoms with Crippen LogP contribution in [0.25, 0.3) is 0 Å². The highest BCUT2D eigenvalue weighted by Gasteiger charge is 2.33. The van der Waals surface area contributed by atoms with Gasteiger partial charge in [0, 0.05) is 43.9 Å². The van der Waals surface area contributed by atoms with Crippen LogP contribution < -0.4 is 4.90 Å². The molecule has 7 heteroatoms. The Morgan fingerprint density at radius 1 is 1.16 bits per heavy atom. The number of hydrogen-bond acceptors (Lipinski definition) is 6. The lowest BCUT2D eigenvalue weighted by molar-refractivity contribution is 0.0240. The Labute approximate surface area is 188 Å². The first kappa shape index (κ1) is 21.7. The molecular formula is C25H27N3O4. The second-order valence-corrected chi connectivity index (χ2v) is 9.09. The lowest BCUT2D eigenvalue weighted by Gasteiger charge is -2.36. The summed E-state index contributed by atoms with van der Waals surface area (Å²) in [6, 6.07) is 15.4. The van der Waals surface area contributed by atoms with Gasteiger partial charge in [-0.3, -0.25) is 0 Å². The molecule has 0 aliphatic carbocycles. The molecule has 1 saturated heterocycles. The van der Waals surface area contributed by atoms with Gasteiger partial charge in [0.05, 0.1) is 17.2 Å². The van der Waals surface area contributed by atoms with Crippen LogP contribution in [0.1, 0.15) is 53.9 Å². The van der Waals surface area contributed by atoms with Crippen LogP contribution in [-0.4, -0.2) is 48.7 Å². The van der Waals surface area contributed by atoms with Gasteiger partial charge in [-0.1, -0.05) is 24.3 Å². The number of carbonyl (C=O) groups excluding carboxylic acids is 2. The number of amides is 1. The van der Waals surface area contributed by atoms with E-state index >= 15 is 0 Å². The topological polar surface area (TPSA) is 82.9 Å². The number of piperazine rings is 1. The van der Waals surface area contributed by atoms with Gasteiger partial charge in [0.25, 0.3) is 0 Å². The SMILES string of the molecule is CC(C)(C)OC(=O)N1CCN(c2ccc3c(c2)C(=O)OC3Cc2ccccc2C#N)CC1. The van der Waals surface area contributed by atoms with Crippen LogP contribution >= 0.6 is 0 Å². The van der Waals surface area contributed by atoms with Crippen molar-refractivity contribution in [1.82, 2.24) is 4.90 Å². The summed E-state index contributed by atoms with van der Waals surface area (Å²) in [5.74, 6) is -0.339. The molecule has 7 nitrogen and oxygen atoms in total. The van der Waals surface area contributed by atoms with Crippen LogP contribution in [0.15, 0.2) is 42.5 Å². The van der Waals surface area contributed by atoms with Crippen LogP contribution in [0, 0.1) is 11.3 Å². The van der Waals surface area contributed by atoms with Crippen molar-refractivity contribution in [2.75, 3.05) is 31.1 Å². The first-order valence-electron chi connectivity index (χ1n) is 10.8. The summed E-state index contributed by atoms with van der Waals surface area (Å²) in [5.41, 5.74) is 3.29.